The maximum Gasteiger partial charge on any atom is 0.226 e. The van der Waals surface area contributed by atoms with Crippen LogP contribution in [-0.4, -0.2) is 43.2 Å². The van der Waals surface area contributed by atoms with Crippen LogP contribution >= 0.6 is 24.2 Å². The molecule has 0 aliphatic carbocycles. The van der Waals surface area contributed by atoms with Crippen LogP contribution in [0.25, 0.3) is 0 Å². The molecule has 0 spiro atoms. The fourth-order valence-electron chi connectivity index (χ4n) is 2.35. The second-order valence-electron chi connectivity index (χ2n) is 4.81. The average molecular weight is 331 g/mol. The second-order valence-corrected chi connectivity index (χ2v) is 5.96. The predicted molar refractivity (Wildman–Crippen MR) is 87.0 cm³/mol. The van der Waals surface area contributed by atoms with Gasteiger partial charge in [0.1, 0.15) is 13.2 Å². The zero-order valence-electron chi connectivity index (χ0n) is 11.6. The predicted octanol–water partition coefficient (Wildman–Crippen LogP) is 1.91. The molecule has 2 aliphatic heterocycles. The summed E-state index contributed by atoms with van der Waals surface area (Å²) in [6.07, 6.45) is 0.484. The zero-order valence-corrected chi connectivity index (χ0v) is 13.2. The number of halogens is 1. The maximum atomic E-state index is 12.1. The molecule has 1 unspecified atom stereocenters. The molecule has 1 atom stereocenters. The van der Waals surface area contributed by atoms with Crippen molar-refractivity contribution in [3.8, 4) is 11.5 Å². The standard InChI is InChI=1S/C14H18N2O3S.ClH/c17-13(8-10-9-20-7-4-15-10)16-11-2-1-3-12-14(11)19-6-5-18-12;/h1-3,10,15H,4-9H2,(H,16,17);1H. The van der Waals surface area contributed by atoms with Crippen molar-refractivity contribution < 1.29 is 14.3 Å². The highest BCUT2D eigenvalue weighted by Crippen LogP contribution is 2.37. The quantitative estimate of drug-likeness (QED) is 0.886. The lowest BCUT2D eigenvalue weighted by molar-refractivity contribution is -0.116. The summed E-state index contributed by atoms with van der Waals surface area (Å²) in [6, 6.07) is 5.81. The van der Waals surface area contributed by atoms with Gasteiger partial charge in [0, 0.05) is 30.5 Å². The molecule has 2 heterocycles. The molecule has 1 aromatic rings. The number of para-hydroxylation sites is 1. The first kappa shape index (κ1) is 16.3. The van der Waals surface area contributed by atoms with Gasteiger partial charge in [-0.3, -0.25) is 4.79 Å². The molecule has 1 fully saturated rings. The van der Waals surface area contributed by atoms with E-state index in [1.807, 2.05) is 30.0 Å². The van der Waals surface area contributed by atoms with Gasteiger partial charge in [-0.05, 0) is 12.1 Å². The molecular formula is C14H19ClN2O3S. The second kappa shape index (κ2) is 7.77. The molecule has 0 bridgehead atoms. The van der Waals surface area contributed by atoms with Gasteiger partial charge in [0.25, 0.3) is 0 Å². The van der Waals surface area contributed by atoms with Gasteiger partial charge in [-0.25, -0.2) is 0 Å². The highest BCUT2D eigenvalue weighted by Gasteiger charge is 2.20. The minimum Gasteiger partial charge on any atom is -0.486 e. The van der Waals surface area contributed by atoms with Crippen molar-refractivity contribution in [1.82, 2.24) is 5.32 Å². The van der Waals surface area contributed by atoms with Crippen LogP contribution in [0.5, 0.6) is 11.5 Å². The van der Waals surface area contributed by atoms with Gasteiger partial charge in [-0.15, -0.1) is 12.4 Å². The van der Waals surface area contributed by atoms with E-state index < -0.39 is 0 Å². The minimum atomic E-state index is 0. The molecule has 0 aromatic heterocycles. The van der Waals surface area contributed by atoms with Gasteiger partial charge in [0.05, 0.1) is 5.69 Å². The number of hydrogen-bond acceptors (Lipinski definition) is 5. The topological polar surface area (TPSA) is 59.6 Å². The molecule has 21 heavy (non-hydrogen) atoms. The zero-order chi connectivity index (χ0) is 13.8. The lowest BCUT2D eigenvalue weighted by Crippen LogP contribution is -2.39. The molecular weight excluding hydrogens is 312 g/mol. The van der Waals surface area contributed by atoms with E-state index in [-0.39, 0.29) is 24.4 Å². The van der Waals surface area contributed by atoms with Crippen LogP contribution in [0, 0.1) is 0 Å². The van der Waals surface area contributed by atoms with Crippen molar-refractivity contribution in [1.29, 1.82) is 0 Å². The first-order valence-corrected chi connectivity index (χ1v) is 7.98. The Bertz CT molecular complexity index is 495. The molecule has 5 nitrogen and oxygen atoms in total. The molecule has 3 rings (SSSR count). The Morgan fingerprint density at radius 2 is 2.24 bits per heavy atom. The van der Waals surface area contributed by atoms with Gasteiger partial charge in [0.2, 0.25) is 5.91 Å². The third-order valence-electron chi connectivity index (χ3n) is 3.27. The van der Waals surface area contributed by atoms with E-state index in [4.69, 9.17) is 9.47 Å². The average Bonchev–Trinajstić information content (AvgIpc) is 2.48. The van der Waals surface area contributed by atoms with Crippen molar-refractivity contribution in [2.75, 3.05) is 36.6 Å². The number of thioether (sulfide) groups is 1. The number of amides is 1. The molecule has 2 N–H and O–H groups in total. The first-order chi connectivity index (χ1) is 9.83. The van der Waals surface area contributed by atoms with E-state index >= 15 is 0 Å². The van der Waals surface area contributed by atoms with E-state index in [1.54, 1.807) is 0 Å². The third kappa shape index (κ3) is 4.18. The summed E-state index contributed by atoms with van der Waals surface area (Å²) in [4.78, 5) is 12.1. The summed E-state index contributed by atoms with van der Waals surface area (Å²) in [5.41, 5.74) is 0.690. The van der Waals surface area contributed by atoms with Crippen LogP contribution < -0.4 is 20.1 Å². The summed E-state index contributed by atoms with van der Waals surface area (Å²) in [7, 11) is 0. The van der Waals surface area contributed by atoms with E-state index in [2.05, 4.69) is 10.6 Å². The monoisotopic (exact) mass is 330 g/mol. The highest BCUT2D eigenvalue weighted by molar-refractivity contribution is 7.99. The number of benzene rings is 1. The van der Waals surface area contributed by atoms with Crippen LogP contribution in [0.1, 0.15) is 6.42 Å². The lowest BCUT2D eigenvalue weighted by atomic mass is 10.2. The third-order valence-corrected chi connectivity index (χ3v) is 4.40. The smallest absolute Gasteiger partial charge is 0.226 e. The van der Waals surface area contributed by atoms with Crippen molar-refractivity contribution in [3.05, 3.63) is 18.2 Å². The van der Waals surface area contributed by atoms with E-state index in [1.165, 1.54) is 0 Å². The Balaban J connectivity index is 0.00000161. The van der Waals surface area contributed by atoms with E-state index in [9.17, 15) is 4.79 Å². The van der Waals surface area contributed by atoms with Gasteiger partial charge in [-0.2, -0.15) is 11.8 Å². The van der Waals surface area contributed by atoms with Gasteiger partial charge < -0.3 is 20.1 Å². The summed E-state index contributed by atoms with van der Waals surface area (Å²) in [5, 5.41) is 6.28. The van der Waals surface area contributed by atoms with E-state index in [0.29, 0.717) is 36.8 Å². The Hall–Kier alpha value is -1.11. The molecule has 0 radical (unpaired) electrons. The maximum absolute atomic E-state index is 12.1. The fourth-order valence-corrected chi connectivity index (χ4v) is 3.30. The fraction of sp³-hybridized carbons (Fsp3) is 0.500. The number of nitrogens with one attached hydrogen (secondary N) is 2. The number of anilines is 1. The summed E-state index contributed by atoms with van der Waals surface area (Å²) in [5.74, 6) is 3.45. The first-order valence-electron chi connectivity index (χ1n) is 6.82. The Labute approximate surface area is 134 Å². The largest absolute Gasteiger partial charge is 0.486 e. The van der Waals surface area contributed by atoms with Crippen molar-refractivity contribution in [3.63, 3.8) is 0 Å². The Kier molecular flexibility index (Phi) is 6.02. The van der Waals surface area contributed by atoms with E-state index in [0.717, 1.165) is 18.1 Å². The number of hydrogen-bond donors (Lipinski definition) is 2. The van der Waals surface area contributed by atoms with Crippen molar-refractivity contribution in [2.24, 2.45) is 0 Å². The molecule has 1 aromatic carbocycles. The van der Waals surface area contributed by atoms with Gasteiger partial charge in [-0.1, -0.05) is 6.07 Å². The van der Waals surface area contributed by atoms with Crippen LogP contribution in [0.15, 0.2) is 18.2 Å². The molecule has 7 heteroatoms. The molecule has 0 saturated carbocycles. The van der Waals surface area contributed by atoms with Crippen molar-refractivity contribution >= 4 is 35.8 Å². The Morgan fingerprint density at radius 3 is 3.05 bits per heavy atom. The molecule has 1 amide bonds. The highest BCUT2D eigenvalue weighted by atomic mass is 35.5. The number of fused-ring (bicyclic) bond motifs is 1. The van der Waals surface area contributed by atoms with Gasteiger partial charge in [0.15, 0.2) is 11.5 Å². The normalized spacial score (nSPS) is 20.3. The summed E-state index contributed by atoms with van der Waals surface area (Å²) >= 11 is 1.89. The van der Waals surface area contributed by atoms with Crippen LogP contribution in [0.3, 0.4) is 0 Å². The number of carbonyl (C=O) groups excluding carboxylic acids is 1. The minimum absolute atomic E-state index is 0. The van der Waals surface area contributed by atoms with Crippen LogP contribution in [0.4, 0.5) is 5.69 Å². The molecule has 1 saturated heterocycles. The number of ether oxygens (including phenoxy) is 2. The SMILES string of the molecule is Cl.O=C(CC1CSCCN1)Nc1cccc2c1OCCO2. The number of carbonyl (C=O) groups is 1. The van der Waals surface area contributed by atoms with Crippen LogP contribution in [-0.2, 0) is 4.79 Å². The number of rotatable bonds is 3. The molecule has 116 valence electrons. The van der Waals surface area contributed by atoms with Crippen LogP contribution in [0.2, 0.25) is 0 Å². The lowest BCUT2D eigenvalue weighted by Gasteiger charge is -2.24. The summed E-state index contributed by atoms with van der Waals surface area (Å²) < 4.78 is 11.1. The Morgan fingerprint density at radius 1 is 1.38 bits per heavy atom. The van der Waals surface area contributed by atoms with Crippen molar-refractivity contribution in [2.45, 2.75) is 12.5 Å². The van der Waals surface area contributed by atoms with Gasteiger partial charge >= 0.3 is 0 Å². The summed E-state index contributed by atoms with van der Waals surface area (Å²) in [6.45, 7) is 2.04. The molecule has 2 aliphatic rings.